The predicted molar refractivity (Wildman–Crippen MR) is 500 cm³/mol. The number of hydrogen-bond acceptors (Lipinski definition) is 14. The summed E-state index contributed by atoms with van der Waals surface area (Å²) in [5.41, 5.74) is 0. The molecule has 0 bridgehead atoms. The van der Waals surface area contributed by atoms with Gasteiger partial charge in [-0.15, -0.1) is 0 Å². The maximum absolute atomic E-state index is 13.1. The Morgan fingerprint density at radius 1 is 0.244 bits per heavy atom. The van der Waals surface area contributed by atoms with Crippen LogP contribution in [0, 0.1) is 0 Å². The van der Waals surface area contributed by atoms with Crippen LogP contribution in [0.25, 0.3) is 0 Å². The molecule has 0 fully saturated rings. The molecule has 0 aromatic rings. The third-order valence-corrected chi connectivity index (χ3v) is 22.1. The fourth-order valence-corrected chi connectivity index (χ4v) is 14.6. The third kappa shape index (κ3) is 93.7. The molecular formula is C101H174O16P2. The van der Waals surface area contributed by atoms with Gasteiger partial charge < -0.3 is 34.2 Å². The summed E-state index contributed by atoms with van der Waals surface area (Å²) in [6.07, 6.45) is 119. The maximum atomic E-state index is 13.1. The highest BCUT2D eigenvalue weighted by atomic mass is 31.2. The Morgan fingerprint density at radius 3 is 0.706 bits per heavy atom. The van der Waals surface area contributed by atoms with Crippen LogP contribution in [0.2, 0.25) is 0 Å². The number of ether oxygens (including phenoxy) is 3. The van der Waals surface area contributed by atoms with E-state index in [0.717, 1.165) is 167 Å². The molecular weight excluding hydrogens is 1530 g/mol. The summed E-state index contributed by atoms with van der Waals surface area (Å²) < 4.78 is 61.5. The van der Waals surface area contributed by atoms with Crippen molar-refractivity contribution in [2.24, 2.45) is 0 Å². The number of rotatable bonds is 90. The van der Waals surface area contributed by atoms with E-state index >= 15 is 0 Å². The number of carbonyl (C=O) groups is 3. The molecule has 0 rings (SSSR count). The van der Waals surface area contributed by atoms with E-state index in [2.05, 4.69) is 179 Å². The van der Waals surface area contributed by atoms with Gasteiger partial charge in [0.25, 0.3) is 0 Å². The molecule has 0 aliphatic heterocycles. The number of carbonyl (C=O) groups excluding carboxylic acids is 3. The molecule has 119 heavy (non-hydrogen) atoms. The van der Waals surface area contributed by atoms with E-state index in [1.54, 1.807) is 0 Å². The fourth-order valence-electron chi connectivity index (χ4n) is 13.0. The highest BCUT2D eigenvalue weighted by Gasteiger charge is 2.30. The predicted octanol–water partition coefficient (Wildman–Crippen LogP) is 29.7. The summed E-state index contributed by atoms with van der Waals surface area (Å²) >= 11 is 0. The highest BCUT2D eigenvalue weighted by Crippen LogP contribution is 2.45. The van der Waals surface area contributed by atoms with Crippen molar-refractivity contribution in [3.63, 3.8) is 0 Å². The second kappa shape index (κ2) is 92.4. The van der Waals surface area contributed by atoms with Crippen molar-refractivity contribution in [1.82, 2.24) is 0 Å². The van der Waals surface area contributed by atoms with Crippen LogP contribution in [0.5, 0.6) is 0 Å². The molecule has 0 radical (unpaired) electrons. The average molecular weight is 1710 g/mol. The van der Waals surface area contributed by atoms with Crippen molar-refractivity contribution in [2.75, 3.05) is 39.6 Å². The smallest absolute Gasteiger partial charge is 0.463 e. The molecule has 0 aliphatic rings. The molecule has 18 heteroatoms. The van der Waals surface area contributed by atoms with E-state index < -0.39 is 91.5 Å². The molecule has 0 amide bonds. The first-order valence-corrected chi connectivity index (χ1v) is 50.8. The number of phosphoric ester groups is 2. The summed E-state index contributed by atoms with van der Waals surface area (Å²) in [7, 11) is -9.82. The lowest BCUT2D eigenvalue weighted by Gasteiger charge is -2.21. The van der Waals surface area contributed by atoms with Crippen LogP contribution in [0.15, 0.2) is 158 Å². The van der Waals surface area contributed by atoms with E-state index in [1.807, 2.05) is 0 Å². The number of aliphatic hydroxyl groups is 2. The molecule has 0 aliphatic carbocycles. The molecule has 5 atom stereocenters. The van der Waals surface area contributed by atoms with Gasteiger partial charge in [-0.05, 0) is 154 Å². The van der Waals surface area contributed by atoms with Crippen LogP contribution in [0.4, 0.5) is 0 Å². The quantitative estimate of drug-likeness (QED) is 0.0146. The number of phosphoric acid groups is 2. The van der Waals surface area contributed by atoms with Crippen LogP contribution in [-0.4, -0.2) is 95.9 Å². The van der Waals surface area contributed by atoms with Gasteiger partial charge in [0.2, 0.25) is 0 Å². The van der Waals surface area contributed by atoms with Crippen LogP contribution in [-0.2, 0) is 55.8 Å². The molecule has 5 unspecified atom stereocenters. The van der Waals surface area contributed by atoms with Crippen molar-refractivity contribution in [1.29, 1.82) is 0 Å². The lowest BCUT2D eigenvalue weighted by molar-refractivity contribution is -0.161. The summed E-state index contributed by atoms with van der Waals surface area (Å²) in [5.74, 6) is -1.58. The van der Waals surface area contributed by atoms with Gasteiger partial charge in [0.15, 0.2) is 6.10 Å². The number of hydrogen-bond donors (Lipinski definition) is 4. The first-order chi connectivity index (χ1) is 58.2. The molecule has 16 nitrogen and oxygen atoms in total. The Morgan fingerprint density at radius 2 is 0.445 bits per heavy atom. The lowest BCUT2D eigenvalue weighted by atomic mass is 10.0. The Kier molecular flexibility index (Phi) is 88.6. The Bertz CT molecular complexity index is 2790. The van der Waals surface area contributed by atoms with Crippen molar-refractivity contribution in [3.8, 4) is 0 Å². The number of aliphatic hydroxyl groups excluding tert-OH is 2. The van der Waals surface area contributed by atoms with Gasteiger partial charge in [-0.2, -0.15) is 0 Å². The van der Waals surface area contributed by atoms with Gasteiger partial charge >= 0.3 is 33.6 Å². The van der Waals surface area contributed by atoms with Gasteiger partial charge in [0.05, 0.1) is 26.4 Å². The molecule has 0 spiro atoms. The first-order valence-electron chi connectivity index (χ1n) is 47.8. The average Bonchev–Trinajstić information content (AvgIpc) is 0.902. The minimum atomic E-state index is -4.95. The second-order valence-corrected chi connectivity index (χ2v) is 34.7. The zero-order valence-corrected chi connectivity index (χ0v) is 77.3. The summed E-state index contributed by atoms with van der Waals surface area (Å²) in [6.45, 7) is 2.55. The molecule has 0 saturated carbocycles. The zero-order valence-electron chi connectivity index (χ0n) is 75.5. The molecule has 0 heterocycles. The Balaban J connectivity index is 4.58. The maximum Gasteiger partial charge on any atom is 0.472 e. The van der Waals surface area contributed by atoms with Crippen molar-refractivity contribution in [2.45, 2.75) is 424 Å². The monoisotopic (exact) mass is 1710 g/mol. The Labute approximate surface area is 727 Å². The summed E-state index contributed by atoms with van der Waals surface area (Å²) in [6, 6.07) is 0. The lowest BCUT2D eigenvalue weighted by Crippen LogP contribution is -2.30. The van der Waals surface area contributed by atoms with Gasteiger partial charge in [-0.25, -0.2) is 9.13 Å². The van der Waals surface area contributed by atoms with Crippen LogP contribution in [0.1, 0.15) is 406 Å². The largest absolute Gasteiger partial charge is 0.472 e. The van der Waals surface area contributed by atoms with Crippen LogP contribution >= 0.6 is 15.6 Å². The van der Waals surface area contributed by atoms with Crippen LogP contribution < -0.4 is 0 Å². The summed E-state index contributed by atoms with van der Waals surface area (Å²) in [4.78, 5) is 59.1. The van der Waals surface area contributed by atoms with Crippen molar-refractivity contribution in [3.05, 3.63) is 158 Å². The molecule has 0 aromatic carbocycles. The van der Waals surface area contributed by atoms with Crippen molar-refractivity contribution >= 4 is 33.6 Å². The van der Waals surface area contributed by atoms with Gasteiger partial charge in [0.1, 0.15) is 25.4 Å². The van der Waals surface area contributed by atoms with E-state index in [1.165, 1.54) is 180 Å². The summed E-state index contributed by atoms with van der Waals surface area (Å²) in [5, 5.41) is 20.8. The zero-order chi connectivity index (χ0) is 86.5. The molecule has 0 saturated heterocycles. The minimum absolute atomic E-state index is 0.0872. The first kappa shape index (κ1) is 114. The number of unbranched alkanes of at least 4 members (excludes halogenated alkanes) is 41. The van der Waals surface area contributed by atoms with E-state index in [9.17, 15) is 43.5 Å². The van der Waals surface area contributed by atoms with Gasteiger partial charge in [-0.3, -0.25) is 32.5 Å². The third-order valence-electron chi connectivity index (χ3n) is 20.2. The molecule has 0 aromatic heterocycles. The number of esters is 3. The molecule has 684 valence electrons. The van der Waals surface area contributed by atoms with E-state index in [0.29, 0.717) is 19.3 Å². The van der Waals surface area contributed by atoms with Crippen LogP contribution in [0.3, 0.4) is 0 Å². The van der Waals surface area contributed by atoms with Gasteiger partial charge in [-0.1, -0.05) is 391 Å². The fraction of sp³-hybridized carbons (Fsp3) is 0.713. The van der Waals surface area contributed by atoms with E-state index in [4.69, 9.17) is 32.3 Å². The topological polar surface area (TPSA) is 231 Å². The second-order valence-electron chi connectivity index (χ2n) is 31.8. The highest BCUT2D eigenvalue weighted by molar-refractivity contribution is 7.47. The Hall–Kier alpha value is -4.83. The molecule has 4 N–H and O–H groups in total. The van der Waals surface area contributed by atoms with E-state index in [-0.39, 0.29) is 19.3 Å². The SMILES string of the molecule is CC/C=C\C/C=C\C/C=C\C/C=C\C/C=C\CCCCCCCCCC(=O)OC(COC(=O)CCCCCCCCCCCCC/C=C\C/C=C\C/C=C\C/C=C\CCCCC)COP(=O)(O)OCC(O)COP(=O)(O)OCC(O)COC(=O)CCCCCCCCCCCCCCCCCCC/C=C\C/C=C\C/C=C\C/C=C\CCCCC. The van der Waals surface area contributed by atoms with Crippen molar-refractivity contribution < 1.29 is 75.8 Å². The normalized spacial score (nSPS) is 14.4. The minimum Gasteiger partial charge on any atom is -0.463 e. The van der Waals surface area contributed by atoms with Gasteiger partial charge in [0, 0.05) is 19.3 Å². The standard InChI is InChI=1S/C101H174O16P2/c1-4-7-10-13-16-19-22-25-28-31-34-37-40-42-44-45-46-47-48-49-51-53-55-57-60-63-66-69-72-75-78-81-84-87-99(104)111-90-96(102)91-113-118(107,108)114-92-97(103)93-115-119(109,110)116-95-98(117-101(106)89-86-83-80-77-74-71-68-65-62-59-54-39-36-33-30-27-24-21-18-15-12-9-6-3)94-112-100(105)88-85-82-79-76-73-70-67-64-61-58-56-52-50-43-41-38-35-32-29-26-23-20-17-14-11-8-5-2/h9,12,16-21,25-30,34-39,42-44,50,59,62,96-98,102-103H,4-8,10-11,13-15,22-24,31-33,40-41,45-49,51-58,60-61,63-95H2,1-3H3,(H,107,108)(H,109,110)/b12-9-,19-16-,20-17-,21-18-,28-25-,29-26-,30-27-,37-34-,38-35-,39-36-,44-42-,50-43-,62-59-. The number of allylic oxidation sites excluding steroid dienone is 26.